The zero-order valence-corrected chi connectivity index (χ0v) is 20.2. The summed E-state index contributed by atoms with van der Waals surface area (Å²) in [6.07, 6.45) is 6.31. The smallest absolute Gasteiger partial charge is 0.237 e. The lowest BCUT2D eigenvalue weighted by Crippen LogP contribution is -2.43. The largest absolute Gasteiger partial charge is 0.469 e. The molecule has 4 heterocycles. The summed E-state index contributed by atoms with van der Waals surface area (Å²) in [5, 5.41) is 17.3. The Morgan fingerprint density at radius 2 is 1.81 bits per heavy atom. The van der Waals surface area contributed by atoms with Gasteiger partial charge < -0.3 is 20.4 Å². The predicted molar refractivity (Wildman–Crippen MR) is 144 cm³/mol. The van der Waals surface area contributed by atoms with Gasteiger partial charge in [-0.1, -0.05) is 42.5 Å². The van der Waals surface area contributed by atoms with Gasteiger partial charge in [0.2, 0.25) is 5.88 Å². The zero-order valence-electron chi connectivity index (χ0n) is 20.2. The molecule has 0 unspecified atom stereocenters. The number of aromatic amines is 1. The van der Waals surface area contributed by atoms with Gasteiger partial charge in [-0.05, 0) is 54.4 Å². The van der Waals surface area contributed by atoms with Crippen molar-refractivity contribution in [2.45, 2.75) is 18.6 Å². The molecule has 2 atom stereocenters. The average Bonchev–Trinajstić information content (AvgIpc) is 3.44. The van der Waals surface area contributed by atoms with Crippen molar-refractivity contribution in [2.24, 2.45) is 0 Å². The highest BCUT2D eigenvalue weighted by Crippen LogP contribution is 2.34. The third kappa shape index (κ3) is 4.88. The van der Waals surface area contributed by atoms with E-state index in [0.29, 0.717) is 18.0 Å². The summed E-state index contributed by atoms with van der Waals surface area (Å²) < 4.78 is 6.44. The molecule has 6 rings (SSSR count). The van der Waals surface area contributed by atoms with Crippen LogP contribution in [0.5, 0.6) is 5.88 Å². The van der Waals surface area contributed by atoms with Crippen molar-refractivity contribution < 1.29 is 4.74 Å². The van der Waals surface area contributed by atoms with Crippen molar-refractivity contribution in [1.29, 1.82) is 5.26 Å². The third-order valence-electron chi connectivity index (χ3n) is 6.73. The molecular weight excluding hydrogens is 460 g/mol. The van der Waals surface area contributed by atoms with Crippen LogP contribution in [0.4, 0.5) is 5.69 Å². The van der Waals surface area contributed by atoms with Gasteiger partial charge in [0.15, 0.2) is 0 Å². The normalized spacial score (nSPS) is 15.3. The molecule has 0 spiro atoms. The number of pyridine rings is 2. The number of hydrogen-bond donors (Lipinski definition) is 3. The first-order valence-corrected chi connectivity index (χ1v) is 12.4. The highest BCUT2D eigenvalue weighted by molar-refractivity contribution is 5.82. The molecule has 2 aromatic carbocycles. The molecule has 5 aromatic rings. The number of aromatic nitrogens is 3. The van der Waals surface area contributed by atoms with Gasteiger partial charge in [0.25, 0.3) is 0 Å². The lowest BCUT2D eigenvalue weighted by atomic mass is 9.99. The van der Waals surface area contributed by atoms with Gasteiger partial charge >= 0.3 is 0 Å². The van der Waals surface area contributed by atoms with Crippen molar-refractivity contribution in [3.63, 3.8) is 0 Å². The number of rotatable bonds is 7. The molecule has 0 radical (unpaired) electrons. The van der Waals surface area contributed by atoms with Crippen molar-refractivity contribution in [2.75, 3.05) is 18.4 Å². The second-order valence-electron chi connectivity index (χ2n) is 9.15. The lowest BCUT2D eigenvalue weighted by molar-refractivity contribution is 0.150. The fraction of sp³-hybridized carbons (Fsp3) is 0.167. The number of benzene rings is 2. The third-order valence-corrected chi connectivity index (χ3v) is 6.73. The fourth-order valence-electron chi connectivity index (χ4n) is 4.75. The predicted octanol–water partition coefficient (Wildman–Crippen LogP) is 5.24. The van der Waals surface area contributed by atoms with Gasteiger partial charge in [0.1, 0.15) is 11.8 Å². The minimum absolute atomic E-state index is 0.0121. The molecule has 0 saturated heterocycles. The second-order valence-corrected chi connectivity index (χ2v) is 9.15. The molecule has 1 aliphatic heterocycles. The van der Waals surface area contributed by atoms with E-state index in [1.807, 2.05) is 55.0 Å². The minimum Gasteiger partial charge on any atom is -0.469 e. The molecule has 3 aromatic heterocycles. The number of nitrogens with one attached hydrogen (secondary N) is 3. The van der Waals surface area contributed by atoms with E-state index >= 15 is 0 Å². The van der Waals surface area contributed by atoms with Gasteiger partial charge in [-0.15, -0.1) is 0 Å². The molecule has 7 heteroatoms. The standard InChI is InChI=1S/C30H26N6O/c31-16-21-8-6-20(7-9-21)10-12-32-28(22-4-2-1-3-5-22)27-19-34-26-15-25(18-36-30(26)37-27)24-14-23-11-13-33-29(23)35-17-24/h1-9,11,13-15,17-18,27-28,32,34H,10,12,19H2,(H,33,35)/t27-,28+/m0/s1. The van der Waals surface area contributed by atoms with Crippen LogP contribution in [0.1, 0.15) is 22.7 Å². The van der Waals surface area contributed by atoms with Crippen LogP contribution in [0.2, 0.25) is 0 Å². The van der Waals surface area contributed by atoms with Crippen molar-refractivity contribution in [1.82, 2.24) is 20.3 Å². The number of nitrogens with zero attached hydrogens (tertiary/aromatic N) is 3. The number of ether oxygens (including phenoxy) is 1. The van der Waals surface area contributed by atoms with Crippen LogP contribution in [0.15, 0.2) is 91.4 Å². The zero-order chi connectivity index (χ0) is 25.0. The number of hydrogen-bond acceptors (Lipinski definition) is 6. The van der Waals surface area contributed by atoms with Crippen molar-refractivity contribution in [3.8, 4) is 23.1 Å². The monoisotopic (exact) mass is 486 g/mol. The summed E-state index contributed by atoms with van der Waals surface area (Å²) in [5.41, 5.74) is 6.79. The average molecular weight is 487 g/mol. The number of H-pyrrole nitrogens is 1. The SMILES string of the molecule is N#Cc1ccc(CCN[C@H](c2ccccc2)[C@@H]2CNc3cc(-c4cnc5[nH]ccc5c4)cnc3O2)cc1. The van der Waals surface area contributed by atoms with Crippen LogP contribution in [0.25, 0.3) is 22.2 Å². The Morgan fingerprint density at radius 3 is 2.65 bits per heavy atom. The first kappa shape index (κ1) is 22.8. The van der Waals surface area contributed by atoms with Gasteiger partial charge in [-0.3, -0.25) is 0 Å². The molecule has 0 amide bonds. The van der Waals surface area contributed by atoms with Gasteiger partial charge in [-0.2, -0.15) is 5.26 Å². The topological polar surface area (TPSA) is 98.7 Å². The molecule has 0 bridgehead atoms. The molecule has 7 nitrogen and oxygen atoms in total. The Kier molecular flexibility index (Phi) is 6.24. The Morgan fingerprint density at radius 1 is 1.00 bits per heavy atom. The molecule has 3 N–H and O–H groups in total. The van der Waals surface area contributed by atoms with Crippen molar-refractivity contribution in [3.05, 3.63) is 108 Å². The molecule has 37 heavy (non-hydrogen) atoms. The van der Waals surface area contributed by atoms with Crippen LogP contribution in [0, 0.1) is 11.3 Å². The van der Waals surface area contributed by atoms with E-state index in [-0.39, 0.29) is 12.1 Å². The van der Waals surface area contributed by atoms with Gasteiger partial charge in [0, 0.05) is 35.1 Å². The maximum Gasteiger partial charge on any atom is 0.237 e. The van der Waals surface area contributed by atoms with E-state index in [4.69, 9.17) is 10.00 Å². The molecule has 182 valence electrons. The maximum absolute atomic E-state index is 9.03. The van der Waals surface area contributed by atoms with E-state index in [1.54, 1.807) is 0 Å². The molecular formula is C30H26N6O. The van der Waals surface area contributed by atoms with Crippen LogP contribution in [0.3, 0.4) is 0 Å². The Balaban J connectivity index is 1.18. The summed E-state index contributed by atoms with van der Waals surface area (Å²) in [4.78, 5) is 12.3. The lowest BCUT2D eigenvalue weighted by Gasteiger charge is -2.33. The first-order valence-electron chi connectivity index (χ1n) is 12.4. The summed E-state index contributed by atoms with van der Waals surface area (Å²) in [6, 6.07) is 26.5. The van der Waals surface area contributed by atoms with E-state index in [2.05, 4.69) is 68.1 Å². The molecule has 0 fully saturated rings. The van der Waals surface area contributed by atoms with Gasteiger partial charge in [-0.25, -0.2) is 9.97 Å². The van der Waals surface area contributed by atoms with Crippen LogP contribution < -0.4 is 15.4 Å². The van der Waals surface area contributed by atoms with E-state index in [1.165, 1.54) is 11.1 Å². The van der Waals surface area contributed by atoms with Crippen LogP contribution >= 0.6 is 0 Å². The summed E-state index contributed by atoms with van der Waals surface area (Å²) >= 11 is 0. The highest BCUT2D eigenvalue weighted by Gasteiger charge is 2.29. The maximum atomic E-state index is 9.03. The Labute approximate surface area is 215 Å². The number of anilines is 1. The molecule has 1 aliphatic rings. The van der Waals surface area contributed by atoms with E-state index in [0.717, 1.165) is 40.8 Å². The minimum atomic E-state index is -0.132. The Hall–Kier alpha value is -4.67. The van der Waals surface area contributed by atoms with Crippen LogP contribution in [-0.2, 0) is 6.42 Å². The van der Waals surface area contributed by atoms with E-state index in [9.17, 15) is 0 Å². The van der Waals surface area contributed by atoms with Crippen molar-refractivity contribution >= 4 is 16.7 Å². The molecule has 0 aliphatic carbocycles. The number of nitriles is 1. The summed E-state index contributed by atoms with van der Waals surface area (Å²) in [6.45, 7) is 1.43. The highest BCUT2D eigenvalue weighted by atomic mass is 16.5. The first-order chi connectivity index (χ1) is 18.3. The van der Waals surface area contributed by atoms with Crippen LogP contribution in [-0.4, -0.2) is 34.1 Å². The quantitative estimate of drug-likeness (QED) is 0.291. The van der Waals surface area contributed by atoms with E-state index < -0.39 is 0 Å². The summed E-state index contributed by atoms with van der Waals surface area (Å²) in [7, 11) is 0. The summed E-state index contributed by atoms with van der Waals surface area (Å²) in [5.74, 6) is 0.602. The molecule has 0 saturated carbocycles. The van der Waals surface area contributed by atoms with Gasteiger partial charge in [0.05, 0.1) is 29.9 Å². The Bertz CT molecular complexity index is 1560. The number of fused-ring (bicyclic) bond motifs is 2. The second kappa shape index (κ2) is 10.1. The fourth-order valence-corrected chi connectivity index (χ4v) is 4.75.